The van der Waals surface area contributed by atoms with Crippen LogP contribution in [0.1, 0.15) is 38.2 Å². The average molecular weight is 385 g/mol. The van der Waals surface area contributed by atoms with Gasteiger partial charge in [-0.05, 0) is 55.4 Å². The SMILES string of the molecule is CC1CCC(NC(=O)COC(=O)/C=C/c2ccc(OC(F)(F)F)cc2)CC1. The predicted octanol–water partition coefficient (Wildman–Crippen LogP) is 3.84. The van der Waals surface area contributed by atoms with E-state index >= 15 is 0 Å². The molecule has 8 heteroatoms. The van der Waals surface area contributed by atoms with Crippen molar-refractivity contribution in [3.63, 3.8) is 0 Å². The molecule has 27 heavy (non-hydrogen) atoms. The predicted molar refractivity (Wildman–Crippen MR) is 92.7 cm³/mol. The third kappa shape index (κ3) is 8.15. The van der Waals surface area contributed by atoms with E-state index in [-0.39, 0.29) is 24.3 Å². The zero-order valence-corrected chi connectivity index (χ0v) is 14.9. The second-order valence-corrected chi connectivity index (χ2v) is 6.58. The second kappa shape index (κ2) is 9.43. The first-order chi connectivity index (χ1) is 12.7. The fourth-order valence-electron chi connectivity index (χ4n) is 2.80. The lowest BCUT2D eigenvalue weighted by Gasteiger charge is -2.26. The minimum absolute atomic E-state index is 0.125. The third-order valence-corrected chi connectivity index (χ3v) is 4.25. The van der Waals surface area contributed by atoms with Gasteiger partial charge in [0.05, 0.1) is 0 Å². The summed E-state index contributed by atoms with van der Waals surface area (Å²) in [5.74, 6) is -0.728. The van der Waals surface area contributed by atoms with Crippen molar-refractivity contribution in [1.82, 2.24) is 5.32 Å². The molecule has 0 aliphatic heterocycles. The summed E-state index contributed by atoms with van der Waals surface area (Å²) >= 11 is 0. The van der Waals surface area contributed by atoms with E-state index in [1.807, 2.05) is 0 Å². The van der Waals surface area contributed by atoms with E-state index in [2.05, 4.69) is 17.0 Å². The van der Waals surface area contributed by atoms with Gasteiger partial charge in [0.1, 0.15) is 5.75 Å². The topological polar surface area (TPSA) is 64.6 Å². The van der Waals surface area contributed by atoms with Crippen LogP contribution in [-0.4, -0.2) is 30.9 Å². The van der Waals surface area contributed by atoms with Crippen molar-refractivity contribution < 1.29 is 32.2 Å². The molecule has 1 saturated carbocycles. The van der Waals surface area contributed by atoms with Crippen molar-refractivity contribution in [2.24, 2.45) is 5.92 Å². The summed E-state index contributed by atoms with van der Waals surface area (Å²) in [4.78, 5) is 23.5. The number of halogens is 3. The smallest absolute Gasteiger partial charge is 0.452 e. The quantitative estimate of drug-likeness (QED) is 0.597. The highest BCUT2D eigenvalue weighted by Gasteiger charge is 2.30. The number of carbonyl (C=O) groups is 2. The Kier molecular flexibility index (Phi) is 7.27. The van der Waals surface area contributed by atoms with Crippen LogP contribution >= 0.6 is 0 Å². The average Bonchev–Trinajstić information content (AvgIpc) is 2.60. The number of carbonyl (C=O) groups excluding carboxylic acids is 2. The van der Waals surface area contributed by atoms with Gasteiger partial charge in [-0.1, -0.05) is 19.1 Å². The maximum atomic E-state index is 12.1. The van der Waals surface area contributed by atoms with Gasteiger partial charge in [-0.3, -0.25) is 4.79 Å². The molecule has 1 amide bonds. The Morgan fingerprint density at radius 2 is 1.78 bits per heavy atom. The number of benzene rings is 1. The lowest BCUT2D eigenvalue weighted by atomic mass is 9.87. The highest BCUT2D eigenvalue weighted by Crippen LogP contribution is 2.24. The molecule has 0 saturated heterocycles. The van der Waals surface area contributed by atoms with Gasteiger partial charge in [-0.2, -0.15) is 0 Å². The lowest BCUT2D eigenvalue weighted by Crippen LogP contribution is -2.39. The highest BCUT2D eigenvalue weighted by atomic mass is 19.4. The maximum Gasteiger partial charge on any atom is 0.573 e. The van der Waals surface area contributed by atoms with Crippen LogP contribution < -0.4 is 10.1 Å². The maximum absolute atomic E-state index is 12.1. The van der Waals surface area contributed by atoms with E-state index in [9.17, 15) is 22.8 Å². The zero-order chi connectivity index (χ0) is 19.9. The summed E-state index contributed by atoms with van der Waals surface area (Å²) in [6.45, 7) is 1.82. The van der Waals surface area contributed by atoms with E-state index in [1.54, 1.807) is 0 Å². The summed E-state index contributed by atoms with van der Waals surface area (Å²) in [5.41, 5.74) is 0.488. The van der Waals surface area contributed by atoms with Gasteiger partial charge in [0.2, 0.25) is 0 Å². The van der Waals surface area contributed by atoms with Gasteiger partial charge in [-0.15, -0.1) is 13.2 Å². The van der Waals surface area contributed by atoms with Crippen molar-refractivity contribution in [3.8, 4) is 5.75 Å². The summed E-state index contributed by atoms with van der Waals surface area (Å²) in [6, 6.07) is 5.12. The van der Waals surface area contributed by atoms with E-state index in [4.69, 9.17) is 4.74 Å². The fraction of sp³-hybridized carbons (Fsp3) is 0.474. The molecular formula is C19H22F3NO4. The summed E-state index contributed by atoms with van der Waals surface area (Å²) in [6.07, 6.45) is 1.72. The van der Waals surface area contributed by atoms with Crippen molar-refractivity contribution in [2.75, 3.05) is 6.61 Å². The number of amides is 1. The molecule has 1 aromatic carbocycles. The first-order valence-electron chi connectivity index (χ1n) is 8.71. The third-order valence-electron chi connectivity index (χ3n) is 4.25. The molecule has 1 aliphatic rings. The number of nitrogens with one attached hydrogen (secondary N) is 1. The summed E-state index contributed by atoms with van der Waals surface area (Å²) in [5, 5.41) is 2.85. The largest absolute Gasteiger partial charge is 0.573 e. The van der Waals surface area contributed by atoms with E-state index in [1.165, 1.54) is 18.2 Å². The molecule has 0 spiro atoms. The Balaban J connectivity index is 1.72. The molecule has 0 atom stereocenters. The first-order valence-corrected chi connectivity index (χ1v) is 8.71. The second-order valence-electron chi connectivity index (χ2n) is 6.58. The number of hydrogen-bond acceptors (Lipinski definition) is 4. The van der Waals surface area contributed by atoms with Gasteiger partial charge in [0.15, 0.2) is 6.61 Å². The molecular weight excluding hydrogens is 363 g/mol. The van der Waals surface area contributed by atoms with E-state index in [0.717, 1.165) is 43.9 Å². The Labute approximate surface area is 155 Å². The Hall–Kier alpha value is -2.51. The van der Waals surface area contributed by atoms with Crippen LogP contribution in [0, 0.1) is 5.92 Å². The Morgan fingerprint density at radius 3 is 2.37 bits per heavy atom. The lowest BCUT2D eigenvalue weighted by molar-refractivity contribution is -0.274. The van der Waals surface area contributed by atoms with Crippen LogP contribution in [0.5, 0.6) is 5.75 Å². The number of rotatable bonds is 6. The molecule has 2 rings (SSSR count). The van der Waals surface area contributed by atoms with Crippen LogP contribution in [0.4, 0.5) is 13.2 Å². The van der Waals surface area contributed by atoms with Crippen LogP contribution in [0.3, 0.4) is 0 Å². The molecule has 5 nitrogen and oxygen atoms in total. The van der Waals surface area contributed by atoms with Crippen LogP contribution in [0.15, 0.2) is 30.3 Å². The normalized spacial score (nSPS) is 20.3. The van der Waals surface area contributed by atoms with Crippen LogP contribution in [-0.2, 0) is 14.3 Å². The minimum Gasteiger partial charge on any atom is -0.452 e. The Morgan fingerprint density at radius 1 is 1.15 bits per heavy atom. The molecule has 148 valence electrons. The van der Waals surface area contributed by atoms with Crippen LogP contribution in [0.25, 0.3) is 6.08 Å². The van der Waals surface area contributed by atoms with Crippen molar-refractivity contribution >= 4 is 18.0 Å². The molecule has 1 aromatic rings. The highest BCUT2D eigenvalue weighted by molar-refractivity contribution is 5.89. The minimum atomic E-state index is -4.75. The molecule has 0 heterocycles. The number of hydrogen-bond donors (Lipinski definition) is 1. The van der Waals surface area contributed by atoms with Crippen molar-refractivity contribution in [1.29, 1.82) is 0 Å². The molecule has 1 N–H and O–H groups in total. The monoisotopic (exact) mass is 385 g/mol. The number of alkyl halides is 3. The number of esters is 1. The van der Waals surface area contributed by atoms with Crippen molar-refractivity contribution in [3.05, 3.63) is 35.9 Å². The summed E-state index contributed by atoms with van der Waals surface area (Å²) < 4.78 is 44.9. The van der Waals surface area contributed by atoms with E-state index < -0.39 is 12.3 Å². The van der Waals surface area contributed by atoms with E-state index in [0.29, 0.717) is 11.5 Å². The van der Waals surface area contributed by atoms with Gasteiger partial charge in [0.25, 0.3) is 5.91 Å². The molecule has 1 fully saturated rings. The van der Waals surface area contributed by atoms with Gasteiger partial charge >= 0.3 is 12.3 Å². The van der Waals surface area contributed by atoms with Gasteiger partial charge in [-0.25, -0.2) is 4.79 Å². The first kappa shape index (κ1) is 20.8. The molecule has 0 radical (unpaired) electrons. The number of ether oxygens (including phenoxy) is 2. The molecule has 0 aromatic heterocycles. The zero-order valence-electron chi connectivity index (χ0n) is 14.9. The molecule has 0 bridgehead atoms. The van der Waals surface area contributed by atoms with Gasteiger partial charge in [0, 0.05) is 12.1 Å². The fourth-order valence-corrected chi connectivity index (χ4v) is 2.80. The van der Waals surface area contributed by atoms with Crippen LogP contribution in [0.2, 0.25) is 0 Å². The van der Waals surface area contributed by atoms with Gasteiger partial charge < -0.3 is 14.8 Å². The molecule has 1 aliphatic carbocycles. The standard InChI is InChI=1S/C19H22F3NO4/c1-13-2-7-15(8-3-13)23-17(24)12-26-18(25)11-6-14-4-9-16(10-5-14)27-19(20,21)22/h4-6,9-11,13,15H,2-3,7-8,12H2,1H3,(H,23,24)/b11-6+. The summed E-state index contributed by atoms with van der Waals surface area (Å²) in [7, 11) is 0. The Bertz CT molecular complexity index is 663. The molecule has 0 unspecified atom stereocenters. The van der Waals surface area contributed by atoms with Crippen molar-refractivity contribution in [2.45, 2.75) is 45.0 Å².